The summed E-state index contributed by atoms with van der Waals surface area (Å²) in [5.41, 5.74) is 0.947. The Bertz CT molecular complexity index is 831. The standard InChI is InChI=1S/C20H23N3O3S/c1-26-12-11-23-18(25)15-7-3-2-6-14(15)16(20(23)8-4-5-9-20)17(24)22-19-21-10-13-27-19/h2-3,6-7,10,13,16H,4-5,8-9,11-12H2,1H3,(H,21,22,24)/t16-/m1/s1. The lowest BCUT2D eigenvalue weighted by atomic mass is 9.71. The minimum atomic E-state index is -0.495. The highest BCUT2D eigenvalue weighted by Gasteiger charge is 2.55. The van der Waals surface area contributed by atoms with Crippen molar-refractivity contribution in [2.45, 2.75) is 37.1 Å². The van der Waals surface area contributed by atoms with Crippen molar-refractivity contribution >= 4 is 28.3 Å². The summed E-state index contributed by atoms with van der Waals surface area (Å²) in [4.78, 5) is 32.8. The van der Waals surface area contributed by atoms with Gasteiger partial charge in [0.1, 0.15) is 0 Å². The molecule has 6 nitrogen and oxygen atoms in total. The molecule has 4 rings (SSSR count). The van der Waals surface area contributed by atoms with Crippen LogP contribution in [0.1, 0.15) is 47.5 Å². The van der Waals surface area contributed by atoms with E-state index in [0.29, 0.717) is 23.8 Å². The number of benzene rings is 1. The fourth-order valence-corrected chi connectivity index (χ4v) is 5.17. The average molecular weight is 385 g/mol. The predicted molar refractivity (Wildman–Crippen MR) is 104 cm³/mol. The maximum Gasteiger partial charge on any atom is 0.254 e. The van der Waals surface area contributed by atoms with Crippen LogP contribution in [0.2, 0.25) is 0 Å². The highest BCUT2D eigenvalue weighted by molar-refractivity contribution is 7.13. The molecule has 1 aliphatic heterocycles. The van der Waals surface area contributed by atoms with E-state index in [2.05, 4.69) is 10.3 Å². The third-order valence-corrected chi connectivity index (χ3v) is 6.42. The van der Waals surface area contributed by atoms with Crippen LogP contribution in [0.5, 0.6) is 0 Å². The molecule has 1 aromatic heterocycles. The molecule has 1 N–H and O–H groups in total. The summed E-state index contributed by atoms with van der Waals surface area (Å²) in [7, 11) is 1.64. The lowest BCUT2D eigenvalue weighted by Crippen LogP contribution is -2.60. The van der Waals surface area contributed by atoms with Gasteiger partial charge in [0.25, 0.3) is 5.91 Å². The second-order valence-corrected chi connectivity index (χ2v) is 8.00. The molecule has 0 bridgehead atoms. The Balaban J connectivity index is 1.80. The number of amides is 2. The van der Waals surface area contributed by atoms with Gasteiger partial charge in [-0.25, -0.2) is 4.98 Å². The zero-order chi connectivity index (χ0) is 18.9. The number of nitrogens with one attached hydrogen (secondary N) is 1. The molecule has 1 aromatic carbocycles. The zero-order valence-electron chi connectivity index (χ0n) is 15.3. The number of aromatic nitrogens is 1. The average Bonchev–Trinajstić information content (AvgIpc) is 3.35. The van der Waals surface area contributed by atoms with Crippen molar-refractivity contribution < 1.29 is 14.3 Å². The summed E-state index contributed by atoms with van der Waals surface area (Å²) < 4.78 is 5.26. The van der Waals surface area contributed by atoms with Crippen LogP contribution in [0.4, 0.5) is 5.13 Å². The molecule has 1 saturated carbocycles. The van der Waals surface area contributed by atoms with Crippen LogP contribution in [0.15, 0.2) is 35.8 Å². The van der Waals surface area contributed by atoms with E-state index in [9.17, 15) is 9.59 Å². The molecular weight excluding hydrogens is 362 g/mol. The molecular formula is C20H23N3O3S. The quantitative estimate of drug-likeness (QED) is 0.857. The second-order valence-electron chi connectivity index (χ2n) is 7.11. The largest absolute Gasteiger partial charge is 0.383 e. The lowest BCUT2D eigenvalue weighted by molar-refractivity contribution is -0.121. The van der Waals surface area contributed by atoms with E-state index in [0.717, 1.165) is 31.2 Å². The minimum absolute atomic E-state index is 0.00264. The first kappa shape index (κ1) is 18.1. The molecule has 2 amide bonds. The van der Waals surface area contributed by atoms with E-state index in [-0.39, 0.29) is 11.8 Å². The van der Waals surface area contributed by atoms with Gasteiger partial charge < -0.3 is 15.0 Å². The van der Waals surface area contributed by atoms with E-state index in [1.165, 1.54) is 11.3 Å². The number of hydrogen-bond donors (Lipinski definition) is 1. The fourth-order valence-electron chi connectivity index (χ4n) is 4.64. The van der Waals surface area contributed by atoms with Gasteiger partial charge in [0.15, 0.2) is 5.13 Å². The Morgan fingerprint density at radius 3 is 2.85 bits per heavy atom. The fraction of sp³-hybridized carbons (Fsp3) is 0.450. The Kier molecular flexibility index (Phi) is 4.97. The number of carbonyl (C=O) groups is 2. The molecule has 27 heavy (non-hydrogen) atoms. The van der Waals surface area contributed by atoms with Crippen LogP contribution in [0, 0.1) is 0 Å². The summed E-state index contributed by atoms with van der Waals surface area (Å²) in [6, 6.07) is 7.51. The molecule has 2 aromatic rings. The monoisotopic (exact) mass is 385 g/mol. The molecule has 1 spiro atoms. The van der Waals surface area contributed by atoms with E-state index in [1.54, 1.807) is 13.3 Å². The molecule has 0 radical (unpaired) electrons. The Hall–Kier alpha value is -2.25. The smallest absolute Gasteiger partial charge is 0.254 e. The number of methoxy groups -OCH3 is 1. The van der Waals surface area contributed by atoms with Crippen LogP contribution < -0.4 is 5.32 Å². The molecule has 2 heterocycles. The highest BCUT2D eigenvalue weighted by Crippen LogP contribution is 2.50. The number of nitrogens with zero attached hydrogens (tertiary/aromatic N) is 2. The topological polar surface area (TPSA) is 71.5 Å². The normalized spacial score (nSPS) is 20.7. The number of thiazole rings is 1. The van der Waals surface area contributed by atoms with Crippen molar-refractivity contribution in [2.75, 3.05) is 25.6 Å². The van der Waals surface area contributed by atoms with E-state index in [1.807, 2.05) is 34.5 Å². The third-order valence-electron chi connectivity index (χ3n) is 5.74. The molecule has 1 atom stereocenters. The van der Waals surface area contributed by atoms with Crippen molar-refractivity contribution in [2.24, 2.45) is 0 Å². The third kappa shape index (κ3) is 3.04. The van der Waals surface area contributed by atoms with E-state index < -0.39 is 11.5 Å². The SMILES string of the molecule is COCCN1C(=O)c2ccccc2[C@H](C(=O)Nc2nccs2)C12CCCC2. The number of hydrogen-bond acceptors (Lipinski definition) is 5. The summed E-state index contributed by atoms with van der Waals surface area (Å²) in [6.07, 6.45) is 5.36. The van der Waals surface area contributed by atoms with Crippen LogP contribution in [-0.4, -0.2) is 47.5 Å². The predicted octanol–water partition coefficient (Wildman–Crippen LogP) is 3.28. The Labute approximate surface area is 162 Å². The zero-order valence-corrected chi connectivity index (χ0v) is 16.1. The highest BCUT2D eigenvalue weighted by atomic mass is 32.1. The summed E-state index contributed by atoms with van der Waals surface area (Å²) in [5.74, 6) is -0.494. The van der Waals surface area contributed by atoms with Crippen molar-refractivity contribution in [3.05, 3.63) is 47.0 Å². The molecule has 0 unspecified atom stereocenters. The molecule has 142 valence electrons. The van der Waals surface area contributed by atoms with Crippen molar-refractivity contribution in [3.8, 4) is 0 Å². The molecule has 2 aliphatic rings. The van der Waals surface area contributed by atoms with Crippen molar-refractivity contribution in [1.82, 2.24) is 9.88 Å². The van der Waals surface area contributed by atoms with Gasteiger partial charge in [0.2, 0.25) is 5.91 Å². The maximum atomic E-state index is 13.4. The molecule has 0 saturated heterocycles. The minimum Gasteiger partial charge on any atom is -0.383 e. The first-order valence-corrected chi connectivity index (χ1v) is 10.2. The van der Waals surface area contributed by atoms with Crippen LogP contribution in [0.3, 0.4) is 0 Å². The Morgan fingerprint density at radius 2 is 2.15 bits per heavy atom. The number of carbonyl (C=O) groups excluding carboxylic acids is 2. The van der Waals surface area contributed by atoms with Gasteiger partial charge in [0.05, 0.1) is 18.1 Å². The summed E-state index contributed by atoms with van der Waals surface area (Å²) in [5, 5.41) is 5.40. The summed E-state index contributed by atoms with van der Waals surface area (Å²) in [6.45, 7) is 0.946. The van der Waals surface area contributed by atoms with Gasteiger partial charge in [-0.15, -0.1) is 11.3 Å². The second kappa shape index (κ2) is 7.40. The van der Waals surface area contributed by atoms with Gasteiger partial charge in [0, 0.05) is 30.8 Å². The lowest BCUT2D eigenvalue weighted by Gasteiger charge is -2.50. The van der Waals surface area contributed by atoms with Crippen LogP contribution in [0.25, 0.3) is 0 Å². The molecule has 7 heteroatoms. The molecule has 1 aliphatic carbocycles. The Morgan fingerprint density at radius 1 is 1.37 bits per heavy atom. The first-order valence-electron chi connectivity index (χ1n) is 9.27. The van der Waals surface area contributed by atoms with Gasteiger partial charge in [-0.3, -0.25) is 9.59 Å². The number of fused-ring (bicyclic) bond motifs is 1. The van der Waals surface area contributed by atoms with Crippen LogP contribution in [-0.2, 0) is 9.53 Å². The number of anilines is 1. The van der Waals surface area contributed by atoms with Gasteiger partial charge in [-0.2, -0.15) is 0 Å². The van der Waals surface area contributed by atoms with E-state index >= 15 is 0 Å². The number of rotatable bonds is 5. The maximum absolute atomic E-state index is 13.4. The van der Waals surface area contributed by atoms with Gasteiger partial charge in [-0.1, -0.05) is 31.0 Å². The van der Waals surface area contributed by atoms with Crippen molar-refractivity contribution in [1.29, 1.82) is 0 Å². The first-order chi connectivity index (χ1) is 13.2. The van der Waals surface area contributed by atoms with Crippen molar-refractivity contribution in [3.63, 3.8) is 0 Å². The molecule has 1 fully saturated rings. The summed E-state index contributed by atoms with van der Waals surface area (Å²) >= 11 is 1.40. The van der Waals surface area contributed by atoms with Gasteiger partial charge in [-0.05, 0) is 24.5 Å². The van der Waals surface area contributed by atoms with E-state index in [4.69, 9.17) is 4.74 Å². The van der Waals surface area contributed by atoms with Crippen LogP contribution >= 0.6 is 11.3 Å². The van der Waals surface area contributed by atoms with Gasteiger partial charge >= 0.3 is 0 Å². The number of ether oxygens (including phenoxy) is 1.